The van der Waals surface area contributed by atoms with Crippen LogP contribution >= 0.6 is 7.82 Å². The lowest BCUT2D eigenvalue weighted by Crippen LogP contribution is -2.69. The van der Waals surface area contributed by atoms with Gasteiger partial charge < -0.3 is 89.1 Å². The molecule has 18 atom stereocenters. The highest BCUT2D eigenvalue weighted by atomic mass is 31.2. The van der Waals surface area contributed by atoms with Gasteiger partial charge in [-0.05, 0) is 77.0 Å². The van der Waals surface area contributed by atoms with Crippen molar-refractivity contribution in [1.82, 2.24) is 0 Å². The molecule has 99 heavy (non-hydrogen) atoms. The summed E-state index contributed by atoms with van der Waals surface area (Å²) in [4.78, 5) is 50.9. The molecule has 0 bridgehead atoms. The predicted octanol–water partition coefficient (Wildman–Crippen LogP) is 10.5. The molecule has 11 N–H and O–H groups in total. The lowest BCUT2D eigenvalue weighted by Gasteiger charge is -2.49. The minimum atomic E-state index is -5.73. The fraction of sp³-hybridized carbons (Fsp3) is 0.851. The molecule has 18 unspecified atom stereocenters. The Kier molecular flexibility index (Phi) is 50.5. The van der Waals surface area contributed by atoms with Crippen LogP contribution in [0.25, 0.3) is 0 Å². The number of aliphatic hydroxyl groups is 10. The minimum absolute atomic E-state index is 0.00371. The molecule has 0 spiro atoms. The summed E-state index contributed by atoms with van der Waals surface area (Å²) in [6, 6.07) is 0. The summed E-state index contributed by atoms with van der Waals surface area (Å²) in [5, 5.41) is 110. The third-order valence-corrected chi connectivity index (χ3v) is 19.4. The number of carbonyl (C=O) groups excluding carboxylic acids is 3. The summed E-state index contributed by atoms with van der Waals surface area (Å²) in [6.45, 7) is 3.30. The largest absolute Gasteiger partial charge is 0.472 e. The fourth-order valence-electron chi connectivity index (χ4n) is 12.2. The molecule has 0 aromatic heterocycles. The number of carbonyl (C=O) groups is 3. The number of ether oxygens (including phenoxy) is 7. The highest BCUT2D eigenvalue weighted by Crippen LogP contribution is 2.49. The van der Waals surface area contributed by atoms with Gasteiger partial charge in [-0.25, -0.2) is 9.36 Å². The predicted molar refractivity (Wildman–Crippen MR) is 374 cm³/mol. The van der Waals surface area contributed by atoms with Gasteiger partial charge in [0.2, 0.25) is 0 Å². The van der Waals surface area contributed by atoms with Gasteiger partial charge in [-0.3, -0.25) is 18.6 Å². The number of phosphoric acid groups is 1. The third kappa shape index (κ3) is 38.5. The molecule has 0 aromatic rings. The molecule has 2 heterocycles. The Morgan fingerprint density at radius 1 is 0.414 bits per heavy atom. The number of aliphatic hydroxyl groups excluding tert-OH is 10. The topological polar surface area (TPSA) is 374 Å². The van der Waals surface area contributed by atoms with Crippen LogP contribution in [-0.2, 0) is 61.2 Å². The first kappa shape index (κ1) is 90.1. The summed E-state index contributed by atoms with van der Waals surface area (Å²) in [5.41, 5.74) is 0. The van der Waals surface area contributed by atoms with E-state index < -0.39 is 156 Å². The zero-order valence-electron chi connectivity index (χ0n) is 60.0. The molecule has 1 aliphatic carbocycles. The molecule has 576 valence electrons. The first-order chi connectivity index (χ1) is 47.8. The van der Waals surface area contributed by atoms with Crippen molar-refractivity contribution < 1.29 is 117 Å². The SMILES string of the molecule is CCCCCC/C=C\CCCCCCCCCC(=O)OCC1OC(OC2C(O)C(O)C(O)C(OC3OC(CO)C(O)C(O)C3O)C2OP(=O)(O)OCC(COC(=O)CCCCC/C=C\CCCCCCCCC)OC(=O)/C=C/C=C/CCCCCCCCCCCCC)C(O)C(O)C1O. The second kappa shape index (κ2) is 55.4. The molecule has 0 aromatic carbocycles. The standard InChI is InChI=1S/C74H131O24P/c1-4-7-10-13-16-19-22-25-28-31-34-37-40-43-46-49-59(77)91-54-57-62(80)64(82)69(87)74(95-57)97-71-67(85)65(83)66(84)70(96-73-68(86)63(81)61(79)56(51-75)94-73)72(71)98-99(88,89)92-53-55(52-90-58(76)48-45-42-39-36-33-30-27-24-21-18-15-12-9-6-3)93-60(78)50-47-44-41-38-35-32-29-26-23-20-17-14-11-8-5-2/h19,22,30,33,41,44,47,50,55-57,61-75,79-87H,4-18,20-21,23-29,31-32,34-40,42-43,45-46,48-49,51-54H2,1-3H3,(H,88,89)/b22-19-,33-30-,44-41+,50-47+. The Balaban J connectivity index is 1.75. The second-order valence-electron chi connectivity index (χ2n) is 27.1. The van der Waals surface area contributed by atoms with E-state index in [-0.39, 0.29) is 12.8 Å². The molecule has 0 amide bonds. The van der Waals surface area contributed by atoms with Gasteiger partial charge in [0.05, 0.1) is 13.2 Å². The lowest BCUT2D eigenvalue weighted by molar-refractivity contribution is -0.360. The van der Waals surface area contributed by atoms with Gasteiger partial charge in [0.15, 0.2) is 18.7 Å². The maximum absolute atomic E-state index is 14.3. The molecule has 2 saturated heterocycles. The number of unbranched alkanes of at least 4 members (excludes halogenated alkanes) is 32. The average molecular weight is 1440 g/mol. The Labute approximate surface area is 590 Å². The first-order valence-corrected chi connectivity index (χ1v) is 39.5. The lowest BCUT2D eigenvalue weighted by atomic mass is 9.84. The van der Waals surface area contributed by atoms with Gasteiger partial charge in [0.1, 0.15) is 98.7 Å². The van der Waals surface area contributed by atoms with Gasteiger partial charge >= 0.3 is 25.7 Å². The van der Waals surface area contributed by atoms with Crippen LogP contribution < -0.4 is 0 Å². The quantitative estimate of drug-likeness (QED) is 0.00512. The van der Waals surface area contributed by atoms with Crippen molar-refractivity contribution in [3.63, 3.8) is 0 Å². The third-order valence-electron chi connectivity index (χ3n) is 18.4. The highest BCUT2D eigenvalue weighted by Gasteiger charge is 2.58. The van der Waals surface area contributed by atoms with Crippen LogP contribution in [0.5, 0.6) is 0 Å². The molecular weight excluding hydrogens is 1300 g/mol. The van der Waals surface area contributed by atoms with Gasteiger partial charge in [-0.2, -0.15) is 0 Å². The summed E-state index contributed by atoms with van der Waals surface area (Å²) in [7, 11) is -5.73. The van der Waals surface area contributed by atoms with Crippen LogP contribution in [0.2, 0.25) is 0 Å². The number of rotatable bonds is 58. The van der Waals surface area contributed by atoms with Crippen molar-refractivity contribution in [2.45, 2.75) is 375 Å². The average Bonchev–Trinajstić information content (AvgIpc) is 0.763. The van der Waals surface area contributed by atoms with E-state index in [9.17, 15) is 74.9 Å². The van der Waals surface area contributed by atoms with Crippen molar-refractivity contribution in [2.75, 3.05) is 26.4 Å². The number of allylic oxidation sites excluding steroid dienone is 7. The van der Waals surface area contributed by atoms with E-state index in [2.05, 4.69) is 45.1 Å². The van der Waals surface area contributed by atoms with E-state index in [1.165, 1.54) is 122 Å². The number of hydrogen-bond acceptors (Lipinski definition) is 23. The Hall–Kier alpha value is -3.08. The molecule has 3 aliphatic rings. The van der Waals surface area contributed by atoms with E-state index in [1.807, 2.05) is 6.08 Å². The van der Waals surface area contributed by atoms with Crippen molar-refractivity contribution in [3.05, 3.63) is 48.6 Å². The number of esters is 3. The Bertz CT molecular complexity index is 2240. The highest BCUT2D eigenvalue weighted by molar-refractivity contribution is 7.47. The van der Waals surface area contributed by atoms with Crippen molar-refractivity contribution in [3.8, 4) is 0 Å². The van der Waals surface area contributed by atoms with Crippen LogP contribution in [0.15, 0.2) is 48.6 Å². The molecule has 25 heteroatoms. The van der Waals surface area contributed by atoms with E-state index in [0.29, 0.717) is 12.8 Å². The van der Waals surface area contributed by atoms with E-state index in [4.69, 9.17) is 42.2 Å². The van der Waals surface area contributed by atoms with Gasteiger partial charge in [-0.15, -0.1) is 0 Å². The first-order valence-electron chi connectivity index (χ1n) is 38.0. The normalized spacial score (nSPS) is 27.7. The number of phosphoric ester groups is 1. The maximum Gasteiger partial charge on any atom is 0.472 e. The molecule has 24 nitrogen and oxygen atoms in total. The van der Waals surface area contributed by atoms with E-state index in [0.717, 1.165) is 115 Å². The molecule has 3 rings (SSSR count). The van der Waals surface area contributed by atoms with E-state index in [1.54, 1.807) is 6.08 Å². The van der Waals surface area contributed by atoms with Gasteiger partial charge in [0.25, 0.3) is 0 Å². The van der Waals surface area contributed by atoms with Crippen LogP contribution in [0.3, 0.4) is 0 Å². The maximum atomic E-state index is 14.3. The summed E-state index contributed by atoms with van der Waals surface area (Å²) < 4.78 is 64.8. The molecule has 3 fully saturated rings. The summed E-state index contributed by atoms with van der Waals surface area (Å²) in [5.74, 6) is -2.27. The van der Waals surface area contributed by atoms with Crippen LogP contribution in [0.1, 0.15) is 271 Å². The van der Waals surface area contributed by atoms with Gasteiger partial charge in [0, 0.05) is 18.9 Å². The van der Waals surface area contributed by atoms with Crippen molar-refractivity contribution in [1.29, 1.82) is 0 Å². The minimum Gasteiger partial charge on any atom is -0.463 e. The van der Waals surface area contributed by atoms with E-state index >= 15 is 0 Å². The van der Waals surface area contributed by atoms with Crippen LogP contribution in [0, 0.1) is 0 Å². The molecule has 0 radical (unpaired) electrons. The monoisotopic (exact) mass is 1430 g/mol. The second-order valence-corrected chi connectivity index (χ2v) is 28.5. The molecule has 1 saturated carbocycles. The van der Waals surface area contributed by atoms with Crippen molar-refractivity contribution in [2.24, 2.45) is 0 Å². The molecule has 2 aliphatic heterocycles. The van der Waals surface area contributed by atoms with Crippen molar-refractivity contribution >= 4 is 25.7 Å². The smallest absolute Gasteiger partial charge is 0.463 e. The summed E-state index contributed by atoms with van der Waals surface area (Å²) >= 11 is 0. The zero-order chi connectivity index (χ0) is 72.5. The summed E-state index contributed by atoms with van der Waals surface area (Å²) in [6.07, 6.45) is 19.6. The Morgan fingerprint density at radius 2 is 0.778 bits per heavy atom. The van der Waals surface area contributed by atoms with Crippen LogP contribution in [-0.4, -0.2) is 204 Å². The van der Waals surface area contributed by atoms with Gasteiger partial charge in [-0.1, -0.05) is 224 Å². The zero-order valence-corrected chi connectivity index (χ0v) is 60.9. The molecular formula is C74H131O24P. The number of hydrogen-bond donors (Lipinski definition) is 11. The van der Waals surface area contributed by atoms with Crippen LogP contribution in [0.4, 0.5) is 0 Å². The Morgan fingerprint density at radius 3 is 1.22 bits per heavy atom. The fourth-order valence-corrected chi connectivity index (χ4v) is 13.1.